The highest BCUT2D eigenvalue weighted by atomic mass is 79.9. The zero-order valence-electron chi connectivity index (χ0n) is 9.69. The SMILES string of the molecule is Cn1c(-c2ccc(F)cc2)nc2c(Br)cccc21. The predicted octanol–water partition coefficient (Wildman–Crippen LogP) is 4.14. The normalized spacial score (nSPS) is 11.1. The van der Waals surface area contributed by atoms with E-state index in [1.807, 2.05) is 29.8 Å². The molecule has 0 saturated heterocycles. The largest absolute Gasteiger partial charge is 0.327 e. The molecule has 3 aromatic rings. The zero-order valence-corrected chi connectivity index (χ0v) is 11.3. The lowest BCUT2D eigenvalue weighted by Crippen LogP contribution is -1.92. The van der Waals surface area contributed by atoms with E-state index in [-0.39, 0.29) is 5.82 Å². The van der Waals surface area contributed by atoms with Gasteiger partial charge in [-0.3, -0.25) is 0 Å². The van der Waals surface area contributed by atoms with Gasteiger partial charge in [0.05, 0.1) is 5.52 Å². The molecule has 0 saturated carbocycles. The summed E-state index contributed by atoms with van der Waals surface area (Å²) in [5, 5.41) is 0. The minimum absolute atomic E-state index is 0.237. The number of rotatable bonds is 1. The third kappa shape index (κ3) is 1.73. The van der Waals surface area contributed by atoms with E-state index in [0.29, 0.717) is 0 Å². The average Bonchev–Trinajstić information content (AvgIpc) is 2.70. The number of benzene rings is 2. The smallest absolute Gasteiger partial charge is 0.140 e. The highest BCUT2D eigenvalue weighted by Gasteiger charge is 2.11. The quantitative estimate of drug-likeness (QED) is 0.660. The van der Waals surface area contributed by atoms with Gasteiger partial charge in [-0.25, -0.2) is 9.37 Å². The maximum Gasteiger partial charge on any atom is 0.140 e. The van der Waals surface area contributed by atoms with Crippen LogP contribution < -0.4 is 0 Å². The third-order valence-corrected chi connectivity index (χ3v) is 3.60. The van der Waals surface area contributed by atoms with Crippen LogP contribution in [-0.4, -0.2) is 9.55 Å². The Morgan fingerprint density at radius 2 is 1.83 bits per heavy atom. The summed E-state index contributed by atoms with van der Waals surface area (Å²) in [6.45, 7) is 0. The predicted molar refractivity (Wildman–Crippen MR) is 73.8 cm³/mol. The van der Waals surface area contributed by atoms with Gasteiger partial charge in [-0.1, -0.05) is 6.07 Å². The lowest BCUT2D eigenvalue weighted by Gasteiger charge is -2.02. The van der Waals surface area contributed by atoms with Crippen LogP contribution in [0.1, 0.15) is 0 Å². The standard InChI is InChI=1S/C14H10BrFN2/c1-18-12-4-2-3-11(15)13(12)17-14(18)9-5-7-10(16)8-6-9/h2-8H,1H3. The number of nitrogens with zero attached hydrogens (tertiary/aromatic N) is 2. The first kappa shape index (κ1) is 11.4. The van der Waals surface area contributed by atoms with Crippen molar-refractivity contribution in [2.75, 3.05) is 0 Å². The molecule has 0 aliphatic rings. The van der Waals surface area contributed by atoms with Crippen molar-refractivity contribution >= 4 is 27.0 Å². The van der Waals surface area contributed by atoms with Crippen molar-refractivity contribution in [3.63, 3.8) is 0 Å². The van der Waals surface area contributed by atoms with E-state index in [1.165, 1.54) is 12.1 Å². The van der Waals surface area contributed by atoms with Crippen LogP contribution >= 0.6 is 15.9 Å². The summed E-state index contributed by atoms with van der Waals surface area (Å²) in [5.41, 5.74) is 2.87. The molecular weight excluding hydrogens is 295 g/mol. The summed E-state index contributed by atoms with van der Waals surface area (Å²) < 4.78 is 15.9. The fourth-order valence-corrected chi connectivity index (χ4v) is 2.48. The van der Waals surface area contributed by atoms with E-state index < -0.39 is 0 Å². The lowest BCUT2D eigenvalue weighted by molar-refractivity contribution is 0.628. The molecule has 0 spiro atoms. The molecule has 2 aromatic carbocycles. The summed E-state index contributed by atoms with van der Waals surface area (Å²) >= 11 is 3.49. The van der Waals surface area contributed by atoms with Crippen molar-refractivity contribution in [1.29, 1.82) is 0 Å². The number of para-hydroxylation sites is 1. The number of aryl methyl sites for hydroxylation is 1. The van der Waals surface area contributed by atoms with Crippen molar-refractivity contribution in [1.82, 2.24) is 9.55 Å². The van der Waals surface area contributed by atoms with Crippen LogP contribution in [0.3, 0.4) is 0 Å². The monoisotopic (exact) mass is 304 g/mol. The molecule has 1 heterocycles. The molecule has 0 bridgehead atoms. The average molecular weight is 305 g/mol. The molecule has 0 fully saturated rings. The molecule has 0 amide bonds. The summed E-state index contributed by atoms with van der Waals surface area (Å²) in [7, 11) is 1.96. The van der Waals surface area contributed by atoms with E-state index in [4.69, 9.17) is 0 Å². The fraction of sp³-hybridized carbons (Fsp3) is 0.0714. The van der Waals surface area contributed by atoms with Crippen LogP contribution in [-0.2, 0) is 7.05 Å². The van der Waals surface area contributed by atoms with E-state index in [2.05, 4.69) is 20.9 Å². The summed E-state index contributed by atoms with van der Waals surface area (Å²) in [4.78, 5) is 4.61. The van der Waals surface area contributed by atoms with Gasteiger partial charge in [-0.15, -0.1) is 0 Å². The minimum Gasteiger partial charge on any atom is -0.327 e. The van der Waals surface area contributed by atoms with Crippen LogP contribution in [0, 0.1) is 5.82 Å². The molecule has 90 valence electrons. The molecule has 4 heteroatoms. The maximum absolute atomic E-state index is 12.9. The Morgan fingerprint density at radius 1 is 1.11 bits per heavy atom. The van der Waals surface area contributed by atoms with Gasteiger partial charge in [0.25, 0.3) is 0 Å². The molecule has 0 aliphatic heterocycles. The number of fused-ring (bicyclic) bond motifs is 1. The molecule has 0 radical (unpaired) electrons. The molecule has 0 N–H and O–H groups in total. The Kier molecular flexibility index (Phi) is 2.67. The van der Waals surface area contributed by atoms with Crippen LogP contribution in [0.2, 0.25) is 0 Å². The van der Waals surface area contributed by atoms with Gasteiger partial charge < -0.3 is 4.57 Å². The van der Waals surface area contributed by atoms with Crippen LogP contribution in [0.5, 0.6) is 0 Å². The number of halogens is 2. The third-order valence-electron chi connectivity index (χ3n) is 2.96. The number of hydrogen-bond donors (Lipinski definition) is 0. The molecule has 3 rings (SSSR count). The van der Waals surface area contributed by atoms with Crippen molar-refractivity contribution in [2.24, 2.45) is 7.05 Å². The highest BCUT2D eigenvalue weighted by molar-refractivity contribution is 9.10. The number of hydrogen-bond acceptors (Lipinski definition) is 1. The minimum atomic E-state index is -0.237. The van der Waals surface area contributed by atoms with Gasteiger partial charge in [-0.2, -0.15) is 0 Å². The number of aromatic nitrogens is 2. The second kappa shape index (κ2) is 4.21. The summed E-state index contributed by atoms with van der Waals surface area (Å²) in [5.74, 6) is 0.593. The van der Waals surface area contributed by atoms with Crippen LogP contribution in [0.4, 0.5) is 4.39 Å². The van der Waals surface area contributed by atoms with E-state index in [1.54, 1.807) is 12.1 Å². The van der Waals surface area contributed by atoms with Gasteiger partial charge in [0, 0.05) is 17.1 Å². The van der Waals surface area contributed by atoms with Gasteiger partial charge in [0.1, 0.15) is 17.2 Å². The van der Waals surface area contributed by atoms with E-state index in [9.17, 15) is 4.39 Å². The second-order valence-electron chi connectivity index (χ2n) is 4.11. The van der Waals surface area contributed by atoms with Crippen molar-refractivity contribution in [3.8, 4) is 11.4 Å². The Bertz CT molecular complexity index is 716. The first-order valence-corrected chi connectivity index (χ1v) is 6.33. The molecule has 0 unspecified atom stereocenters. The van der Waals surface area contributed by atoms with Crippen molar-refractivity contribution < 1.29 is 4.39 Å². The molecule has 0 aliphatic carbocycles. The first-order chi connectivity index (χ1) is 8.66. The molecule has 0 atom stereocenters. The number of imidazole rings is 1. The van der Waals surface area contributed by atoms with E-state index >= 15 is 0 Å². The molecule has 1 aromatic heterocycles. The molecule has 2 nitrogen and oxygen atoms in total. The molecular formula is C14H10BrFN2. The Balaban J connectivity index is 2.27. The van der Waals surface area contributed by atoms with Gasteiger partial charge in [0.2, 0.25) is 0 Å². The lowest BCUT2D eigenvalue weighted by atomic mass is 10.2. The second-order valence-corrected chi connectivity index (χ2v) is 4.96. The Hall–Kier alpha value is -1.68. The van der Waals surface area contributed by atoms with Gasteiger partial charge >= 0.3 is 0 Å². The maximum atomic E-state index is 12.9. The van der Waals surface area contributed by atoms with Gasteiger partial charge in [0.15, 0.2) is 0 Å². The topological polar surface area (TPSA) is 17.8 Å². The summed E-state index contributed by atoms with van der Waals surface area (Å²) in [6.07, 6.45) is 0. The van der Waals surface area contributed by atoms with Gasteiger partial charge in [-0.05, 0) is 52.3 Å². The van der Waals surface area contributed by atoms with Crippen LogP contribution in [0.15, 0.2) is 46.9 Å². The summed E-state index contributed by atoms with van der Waals surface area (Å²) in [6, 6.07) is 12.3. The van der Waals surface area contributed by atoms with E-state index in [0.717, 1.165) is 26.9 Å². The Morgan fingerprint density at radius 3 is 2.50 bits per heavy atom. The van der Waals surface area contributed by atoms with Crippen molar-refractivity contribution in [3.05, 3.63) is 52.8 Å². The highest BCUT2D eigenvalue weighted by Crippen LogP contribution is 2.28. The fourth-order valence-electron chi connectivity index (χ4n) is 2.04. The zero-order chi connectivity index (χ0) is 12.7. The van der Waals surface area contributed by atoms with Crippen molar-refractivity contribution in [2.45, 2.75) is 0 Å². The van der Waals surface area contributed by atoms with Crippen LogP contribution in [0.25, 0.3) is 22.4 Å². The Labute approximate surface area is 112 Å². The molecule has 18 heavy (non-hydrogen) atoms. The first-order valence-electron chi connectivity index (χ1n) is 5.53.